The van der Waals surface area contributed by atoms with Gasteiger partial charge in [-0.1, -0.05) is 19.8 Å². The molecule has 1 aliphatic heterocycles. The van der Waals surface area contributed by atoms with E-state index in [-0.39, 0.29) is 17.9 Å². The van der Waals surface area contributed by atoms with E-state index in [0.29, 0.717) is 32.5 Å². The maximum atomic E-state index is 12.9. The highest BCUT2D eigenvalue weighted by atomic mass is 32.2. The van der Waals surface area contributed by atoms with Crippen LogP contribution >= 0.6 is 0 Å². The first kappa shape index (κ1) is 18.7. The third-order valence-corrected chi connectivity index (χ3v) is 6.42. The smallest absolute Gasteiger partial charge is 0.226 e. The number of nitrogens with zero attached hydrogens (tertiary/aromatic N) is 2. The van der Waals surface area contributed by atoms with Gasteiger partial charge in [0.15, 0.2) is 0 Å². The molecule has 0 aromatic carbocycles. The number of hydrogen-bond donors (Lipinski definition) is 1. The van der Waals surface area contributed by atoms with E-state index in [1.807, 2.05) is 11.8 Å². The second-order valence-electron chi connectivity index (χ2n) is 6.89. The molecule has 1 heterocycles. The van der Waals surface area contributed by atoms with Crippen molar-refractivity contribution in [3.05, 3.63) is 0 Å². The molecule has 1 saturated heterocycles. The SMILES string of the molecule is CCCN(C(=O)C1CCN(S(C)(=O)=O)CC1)[C@@H]1CCCC[C@H]1O. The van der Waals surface area contributed by atoms with Crippen LogP contribution in [0.5, 0.6) is 0 Å². The predicted octanol–water partition coefficient (Wildman–Crippen LogP) is 1.20. The fraction of sp³-hybridized carbons (Fsp3) is 0.938. The van der Waals surface area contributed by atoms with Crippen LogP contribution in [0.4, 0.5) is 0 Å². The standard InChI is InChI=1S/C16H30N2O4S/c1-3-10-18(14-6-4-5-7-15(14)19)16(20)13-8-11-17(12-9-13)23(2,21)22/h13-15,19H,3-12H2,1-2H3/t14-,15-/m1/s1. The highest BCUT2D eigenvalue weighted by molar-refractivity contribution is 7.88. The molecule has 1 aliphatic carbocycles. The number of rotatable bonds is 5. The molecule has 2 aliphatic rings. The summed E-state index contributed by atoms with van der Waals surface area (Å²) in [5.41, 5.74) is 0. The van der Waals surface area contributed by atoms with Crippen molar-refractivity contribution in [2.75, 3.05) is 25.9 Å². The molecule has 0 spiro atoms. The zero-order valence-corrected chi connectivity index (χ0v) is 15.1. The molecule has 2 rings (SSSR count). The third kappa shape index (κ3) is 4.67. The molecule has 0 bridgehead atoms. The van der Waals surface area contributed by atoms with Gasteiger partial charge in [-0.2, -0.15) is 0 Å². The lowest BCUT2D eigenvalue weighted by molar-refractivity contribution is -0.143. The number of hydrogen-bond acceptors (Lipinski definition) is 4. The van der Waals surface area contributed by atoms with Crippen molar-refractivity contribution in [3.63, 3.8) is 0 Å². The Labute approximate surface area is 139 Å². The lowest BCUT2D eigenvalue weighted by Gasteiger charge is -2.40. The van der Waals surface area contributed by atoms with Gasteiger partial charge in [0, 0.05) is 25.6 Å². The molecule has 0 radical (unpaired) electrons. The van der Waals surface area contributed by atoms with E-state index in [1.165, 1.54) is 10.6 Å². The van der Waals surface area contributed by atoms with Gasteiger partial charge in [-0.25, -0.2) is 12.7 Å². The van der Waals surface area contributed by atoms with E-state index in [1.54, 1.807) is 0 Å². The van der Waals surface area contributed by atoms with Crippen LogP contribution < -0.4 is 0 Å². The van der Waals surface area contributed by atoms with E-state index >= 15 is 0 Å². The van der Waals surface area contributed by atoms with Gasteiger partial charge in [0.1, 0.15) is 0 Å². The molecule has 0 unspecified atom stereocenters. The summed E-state index contributed by atoms with van der Waals surface area (Å²) in [5.74, 6) is -0.0142. The number of carbonyl (C=O) groups excluding carboxylic acids is 1. The topological polar surface area (TPSA) is 77.9 Å². The normalized spacial score (nSPS) is 27.8. The summed E-state index contributed by atoms with van der Waals surface area (Å²) in [4.78, 5) is 14.8. The number of carbonyl (C=O) groups is 1. The summed E-state index contributed by atoms with van der Waals surface area (Å²) in [5, 5.41) is 10.3. The maximum absolute atomic E-state index is 12.9. The Morgan fingerprint density at radius 1 is 1.17 bits per heavy atom. The van der Waals surface area contributed by atoms with Crippen LogP contribution in [0, 0.1) is 5.92 Å². The Morgan fingerprint density at radius 2 is 1.78 bits per heavy atom. The first-order chi connectivity index (χ1) is 10.8. The quantitative estimate of drug-likeness (QED) is 0.811. The number of amides is 1. The Bertz CT molecular complexity index is 500. The second kappa shape index (κ2) is 7.94. The van der Waals surface area contributed by atoms with Gasteiger partial charge >= 0.3 is 0 Å². The first-order valence-corrected chi connectivity index (χ1v) is 10.6. The van der Waals surface area contributed by atoms with Crippen molar-refractivity contribution in [2.24, 2.45) is 5.92 Å². The zero-order chi connectivity index (χ0) is 17.0. The fourth-order valence-electron chi connectivity index (χ4n) is 3.80. The van der Waals surface area contributed by atoms with E-state index in [0.717, 1.165) is 32.1 Å². The first-order valence-electron chi connectivity index (χ1n) is 8.78. The van der Waals surface area contributed by atoms with Gasteiger partial charge in [-0.3, -0.25) is 4.79 Å². The average Bonchev–Trinajstić information content (AvgIpc) is 2.52. The van der Waals surface area contributed by atoms with E-state index in [2.05, 4.69) is 0 Å². The van der Waals surface area contributed by atoms with E-state index in [4.69, 9.17) is 0 Å². The number of aliphatic hydroxyl groups excluding tert-OH is 1. The summed E-state index contributed by atoms with van der Waals surface area (Å²) >= 11 is 0. The number of aliphatic hydroxyl groups is 1. The summed E-state index contributed by atoms with van der Waals surface area (Å²) < 4.78 is 24.6. The summed E-state index contributed by atoms with van der Waals surface area (Å²) in [6.07, 6.45) is 6.55. The molecule has 1 N–H and O–H groups in total. The van der Waals surface area contributed by atoms with Gasteiger partial charge < -0.3 is 10.0 Å². The van der Waals surface area contributed by atoms with Gasteiger partial charge in [0.25, 0.3) is 0 Å². The van der Waals surface area contributed by atoms with Crippen molar-refractivity contribution in [3.8, 4) is 0 Å². The van der Waals surface area contributed by atoms with Gasteiger partial charge in [0.2, 0.25) is 15.9 Å². The second-order valence-corrected chi connectivity index (χ2v) is 8.87. The third-order valence-electron chi connectivity index (χ3n) is 5.11. The van der Waals surface area contributed by atoms with Crippen LogP contribution in [-0.2, 0) is 14.8 Å². The van der Waals surface area contributed by atoms with Crippen LogP contribution in [0.2, 0.25) is 0 Å². The zero-order valence-electron chi connectivity index (χ0n) is 14.3. The average molecular weight is 346 g/mol. The van der Waals surface area contributed by atoms with Crippen molar-refractivity contribution >= 4 is 15.9 Å². The lowest BCUT2D eigenvalue weighted by Crippen LogP contribution is -2.52. The fourth-order valence-corrected chi connectivity index (χ4v) is 4.68. The Kier molecular flexibility index (Phi) is 6.45. The van der Waals surface area contributed by atoms with Crippen molar-refractivity contribution in [1.82, 2.24) is 9.21 Å². The van der Waals surface area contributed by atoms with Crippen LogP contribution in [0.1, 0.15) is 51.9 Å². The molecule has 7 heteroatoms. The molecule has 23 heavy (non-hydrogen) atoms. The maximum Gasteiger partial charge on any atom is 0.226 e. The monoisotopic (exact) mass is 346 g/mol. The molecule has 6 nitrogen and oxygen atoms in total. The van der Waals surface area contributed by atoms with Crippen molar-refractivity contribution in [2.45, 2.75) is 64.0 Å². The minimum Gasteiger partial charge on any atom is -0.391 e. The largest absolute Gasteiger partial charge is 0.391 e. The van der Waals surface area contributed by atoms with Gasteiger partial charge in [0.05, 0.1) is 18.4 Å². The van der Waals surface area contributed by atoms with Crippen molar-refractivity contribution < 1.29 is 18.3 Å². The van der Waals surface area contributed by atoms with Crippen LogP contribution in [0.25, 0.3) is 0 Å². The Morgan fingerprint density at radius 3 is 2.30 bits per heavy atom. The van der Waals surface area contributed by atoms with Crippen LogP contribution in [0.15, 0.2) is 0 Å². The van der Waals surface area contributed by atoms with Crippen molar-refractivity contribution in [1.29, 1.82) is 0 Å². The summed E-state index contributed by atoms with van der Waals surface area (Å²) in [6.45, 7) is 3.56. The van der Waals surface area contributed by atoms with Crippen LogP contribution in [0.3, 0.4) is 0 Å². The molecule has 0 aromatic heterocycles. The highest BCUT2D eigenvalue weighted by Crippen LogP contribution is 2.28. The molecular formula is C16H30N2O4S. The molecule has 1 amide bonds. The minimum atomic E-state index is -3.17. The summed E-state index contributed by atoms with van der Waals surface area (Å²) in [7, 11) is -3.17. The highest BCUT2D eigenvalue weighted by Gasteiger charge is 2.36. The molecule has 134 valence electrons. The van der Waals surface area contributed by atoms with E-state index < -0.39 is 16.1 Å². The van der Waals surface area contributed by atoms with Gasteiger partial charge in [-0.15, -0.1) is 0 Å². The summed E-state index contributed by atoms with van der Waals surface area (Å²) in [6, 6.07) is -0.0656. The van der Waals surface area contributed by atoms with E-state index in [9.17, 15) is 18.3 Å². The molecular weight excluding hydrogens is 316 g/mol. The van der Waals surface area contributed by atoms with Gasteiger partial charge in [-0.05, 0) is 32.1 Å². The molecule has 1 saturated carbocycles. The molecule has 2 atom stereocenters. The van der Waals surface area contributed by atoms with Crippen LogP contribution in [-0.4, -0.2) is 66.7 Å². The Hall–Kier alpha value is -0.660. The number of sulfonamides is 1. The lowest BCUT2D eigenvalue weighted by atomic mass is 9.89. The molecule has 0 aromatic rings. The number of piperidine rings is 1. The predicted molar refractivity (Wildman–Crippen MR) is 89.4 cm³/mol. The minimum absolute atomic E-state index is 0.0656. The molecule has 2 fully saturated rings. The Balaban J connectivity index is 2.01.